The van der Waals surface area contributed by atoms with Gasteiger partial charge in [-0.15, -0.1) is 0 Å². The van der Waals surface area contributed by atoms with Gasteiger partial charge in [0.2, 0.25) is 21.8 Å². The molecule has 0 aliphatic rings. The minimum Gasteiger partial charge on any atom is -0.354 e. The van der Waals surface area contributed by atoms with Crippen LogP contribution in [0.5, 0.6) is 0 Å². The number of sulfonamides is 1. The van der Waals surface area contributed by atoms with Gasteiger partial charge in [-0.3, -0.25) is 13.9 Å². The zero-order valence-electron chi connectivity index (χ0n) is 22.9. The molecule has 9 heteroatoms. The van der Waals surface area contributed by atoms with E-state index in [0.29, 0.717) is 29.8 Å². The van der Waals surface area contributed by atoms with Crippen LogP contribution in [0, 0.1) is 19.7 Å². The minimum absolute atomic E-state index is 0.179. The Morgan fingerprint density at radius 3 is 2.13 bits per heavy atom. The Bertz CT molecular complexity index is 1380. The molecule has 3 aromatic rings. The number of hydrogen-bond donors (Lipinski definition) is 1. The largest absolute Gasteiger partial charge is 0.354 e. The third-order valence-corrected chi connectivity index (χ3v) is 7.60. The normalized spacial score (nSPS) is 12.0. The Hall–Kier alpha value is -3.72. The number of para-hydroxylation sites is 1. The van der Waals surface area contributed by atoms with Crippen molar-refractivity contribution in [2.24, 2.45) is 0 Å². The van der Waals surface area contributed by atoms with Crippen molar-refractivity contribution < 1.29 is 22.4 Å². The molecule has 39 heavy (non-hydrogen) atoms. The number of benzene rings is 3. The van der Waals surface area contributed by atoms with Gasteiger partial charge in [0.15, 0.2) is 0 Å². The van der Waals surface area contributed by atoms with Crippen LogP contribution in [0.2, 0.25) is 0 Å². The molecule has 0 heterocycles. The molecule has 208 valence electrons. The minimum atomic E-state index is -3.88. The molecule has 0 bridgehead atoms. The molecule has 0 unspecified atom stereocenters. The van der Waals surface area contributed by atoms with E-state index in [4.69, 9.17) is 0 Å². The lowest BCUT2D eigenvalue weighted by molar-refractivity contribution is -0.140. The van der Waals surface area contributed by atoms with Crippen LogP contribution in [0.4, 0.5) is 10.1 Å². The molecule has 3 rings (SSSR count). The van der Waals surface area contributed by atoms with E-state index in [-0.39, 0.29) is 24.4 Å². The van der Waals surface area contributed by atoms with Gasteiger partial charge in [0.1, 0.15) is 18.4 Å². The van der Waals surface area contributed by atoms with Crippen molar-refractivity contribution in [1.82, 2.24) is 10.2 Å². The second-order valence-corrected chi connectivity index (χ2v) is 11.5. The average molecular weight is 554 g/mol. The van der Waals surface area contributed by atoms with Gasteiger partial charge < -0.3 is 10.2 Å². The molecule has 1 atom stereocenters. The highest BCUT2D eigenvalue weighted by Gasteiger charge is 2.34. The first kappa shape index (κ1) is 29.8. The molecule has 1 N–H and O–H groups in total. The van der Waals surface area contributed by atoms with Gasteiger partial charge in [0, 0.05) is 25.1 Å². The first-order valence-electron chi connectivity index (χ1n) is 12.9. The first-order valence-corrected chi connectivity index (χ1v) is 14.8. The van der Waals surface area contributed by atoms with Gasteiger partial charge in [0.25, 0.3) is 0 Å². The number of carbonyl (C=O) groups is 2. The third-order valence-electron chi connectivity index (χ3n) is 6.49. The summed E-state index contributed by atoms with van der Waals surface area (Å²) in [4.78, 5) is 28.8. The molecular weight excluding hydrogens is 517 g/mol. The Morgan fingerprint density at radius 1 is 0.923 bits per heavy atom. The fourth-order valence-electron chi connectivity index (χ4n) is 4.50. The van der Waals surface area contributed by atoms with Crippen molar-refractivity contribution in [1.29, 1.82) is 0 Å². The highest BCUT2D eigenvalue weighted by Crippen LogP contribution is 2.27. The molecule has 0 aliphatic carbocycles. The van der Waals surface area contributed by atoms with E-state index in [1.54, 1.807) is 44.2 Å². The van der Waals surface area contributed by atoms with Crippen molar-refractivity contribution in [3.8, 4) is 0 Å². The van der Waals surface area contributed by atoms with E-state index in [2.05, 4.69) is 5.32 Å². The smallest absolute Gasteiger partial charge is 0.244 e. The maximum atomic E-state index is 14.8. The van der Waals surface area contributed by atoms with Crippen molar-refractivity contribution in [2.45, 2.75) is 46.2 Å². The number of carbonyl (C=O) groups excluding carboxylic acids is 2. The summed E-state index contributed by atoms with van der Waals surface area (Å²) >= 11 is 0. The Kier molecular flexibility index (Phi) is 10.2. The summed E-state index contributed by atoms with van der Waals surface area (Å²) < 4.78 is 41.8. The number of nitrogens with one attached hydrogen (secondary N) is 1. The molecule has 2 amide bonds. The molecule has 0 fully saturated rings. The number of halogens is 1. The number of rotatable bonds is 12. The van der Waals surface area contributed by atoms with Crippen molar-refractivity contribution in [3.63, 3.8) is 0 Å². The summed E-state index contributed by atoms with van der Waals surface area (Å²) in [6.45, 7) is 5.14. The Balaban J connectivity index is 2.09. The highest BCUT2D eigenvalue weighted by atomic mass is 32.2. The number of amides is 2. The lowest BCUT2D eigenvalue weighted by atomic mass is 10.0. The molecule has 0 saturated carbocycles. The quantitative estimate of drug-likeness (QED) is 0.361. The van der Waals surface area contributed by atoms with Gasteiger partial charge in [-0.2, -0.15) is 0 Å². The van der Waals surface area contributed by atoms with Gasteiger partial charge in [0.05, 0.1) is 11.9 Å². The van der Waals surface area contributed by atoms with Crippen LogP contribution in [0.25, 0.3) is 0 Å². The highest BCUT2D eigenvalue weighted by molar-refractivity contribution is 7.92. The monoisotopic (exact) mass is 553 g/mol. The van der Waals surface area contributed by atoms with Crippen LogP contribution in [0.3, 0.4) is 0 Å². The topological polar surface area (TPSA) is 86.8 Å². The maximum Gasteiger partial charge on any atom is 0.244 e. The Morgan fingerprint density at radius 2 is 1.54 bits per heavy atom. The predicted molar refractivity (Wildman–Crippen MR) is 152 cm³/mol. The van der Waals surface area contributed by atoms with Crippen LogP contribution < -0.4 is 9.62 Å². The Labute approximate surface area is 230 Å². The SMILES string of the molecule is CCCNC(=O)[C@H](Cc1ccccc1)N(Cc1ccccc1F)C(=O)CN(c1c(C)cccc1C)S(C)(=O)=O. The molecule has 3 aromatic carbocycles. The molecule has 0 saturated heterocycles. The summed E-state index contributed by atoms with van der Waals surface area (Å²) in [5.41, 5.74) is 2.83. The van der Waals surface area contributed by atoms with Crippen LogP contribution in [-0.4, -0.2) is 50.5 Å². The van der Waals surface area contributed by atoms with Crippen LogP contribution in [0.15, 0.2) is 72.8 Å². The first-order chi connectivity index (χ1) is 18.5. The zero-order valence-corrected chi connectivity index (χ0v) is 23.7. The van der Waals surface area contributed by atoms with E-state index in [9.17, 15) is 22.4 Å². The zero-order chi connectivity index (χ0) is 28.6. The van der Waals surface area contributed by atoms with E-state index >= 15 is 0 Å². The average Bonchev–Trinajstić information content (AvgIpc) is 2.89. The fraction of sp³-hybridized carbons (Fsp3) is 0.333. The molecular formula is C30H36FN3O4S. The molecule has 0 aromatic heterocycles. The number of anilines is 1. The lowest BCUT2D eigenvalue weighted by Crippen LogP contribution is -2.53. The van der Waals surface area contributed by atoms with E-state index in [1.807, 2.05) is 43.3 Å². The lowest BCUT2D eigenvalue weighted by Gasteiger charge is -2.34. The summed E-state index contributed by atoms with van der Waals surface area (Å²) in [6, 6.07) is 19.7. The van der Waals surface area contributed by atoms with Crippen molar-refractivity contribution in [3.05, 3.63) is 101 Å². The second kappa shape index (κ2) is 13.4. The van der Waals surface area contributed by atoms with Crippen molar-refractivity contribution in [2.75, 3.05) is 23.7 Å². The summed E-state index contributed by atoms with van der Waals surface area (Å²) in [5, 5.41) is 2.86. The predicted octanol–water partition coefficient (Wildman–Crippen LogP) is 4.37. The van der Waals surface area contributed by atoms with Crippen LogP contribution >= 0.6 is 0 Å². The van der Waals surface area contributed by atoms with Crippen LogP contribution in [0.1, 0.15) is 35.6 Å². The van der Waals surface area contributed by atoms with E-state index < -0.39 is 34.3 Å². The number of aryl methyl sites for hydroxylation is 2. The standard InChI is InChI=1S/C30H36FN3O4S/c1-5-18-32-30(36)27(19-24-14-7-6-8-15-24)33(20-25-16-9-10-17-26(25)31)28(35)21-34(39(4,37)38)29-22(2)12-11-13-23(29)3/h6-17,27H,5,18-21H2,1-4H3,(H,32,36)/t27-/m0/s1. The fourth-order valence-corrected chi connectivity index (χ4v) is 5.47. The molecule has 0 aliphatic heterocycles. The summed E-state index contributed by atoms with van der Waals surface area (Å²) in [6.07, 6.45) is 1.92. The van der Waals surface area contributed by atoms with Gasteiger partial charge in [-0.05, 0) is 43.0 Å². The van der Waals surface area contributed by atoms with Gasteiger partial charge in [-0.1, -0.05) is 73.7 Å². The van der Waals surface area contributed by atoms with Gasteiger partial charge in [-0.25, -0.2) is 12.8 Å². The van der Waals surface area contributed by atoms with Gasteiger partial charge >= 0.3 is 0 Å². The second-order valence-electron chi connectivity index (χ2n) is 9.62. The number of hydrogen-bond acceptors (Lipinski definition) is 4. The summed E-state index contributed by atoms with van der Waals surface area (Å²) in [5.74, 6) is -1.51. The third kappa shape index (κ3) is 7.89. The van der Waals surface area contributed by atoms with Crippen LogP contribution in [-0.2, 0) is 32.6 Å². The number of nitrogens with zero attached hydrogens (tertiary/aromatic N) is 2. The van der Waals surface area contributed by atoms with E-state index in [1.165, 1.54) is 11.0 Å². The van der Waals surface area contributed by atoms with E-state index in [0.717, 1.165) is 16.1 Å². The maximum absolute atomic E-state index is 14.8. The van der Waals surface area contributed by atoms with Crippen molar-refractivity contribution >= 4 is 27.5 Å². The molecule has 7 nitrogen and oxygen atoms in total. The summed E-state index contributed by atoms with van der Waals surface area (Å²) in [7, 11) is -3.88. The molecule has 0 radical (unpaired) electrons. The molecule has 0 spiro atoms.